The second kappa shape index (κ2) is 19.8. The van der Waals surface area contributed by atoms with Gasteiger partial charge in [0.05, 0.1) is 16.2 Å². The van der Waals surface area contributed by atoms with Crippen LogP contribution in [-0.2, 0) is 10.1 Å². The molecule has 0 aliphatic carbocycles. The molecule has 2 unspecified atom stereocenters. The summed E-state index contributed by atoms with van der Waals surface area (Å²) in [6.07, 6.45) is 18.5. The topological polar surface area (TPSA) is 77.4 Å². The molecule has 0 fully saturated rings. The first-order valence-corrected chi connectivity index (χ1v) is 11.9. The molecule has 0 bridgehead atoms. The second-order valence-electron chi connectivity index (χ2n) is 7.68. The van der Waals surface area contributed by atoms with Crippen molar-refractivity contribution >= 4 is 10.1 Å². The van der Waals surface area contributed by atoms with E-state index in [9.17, 15) is 18.1 Å². The summed E-state index contributed by atoms with van der Waals surface area (Å²) in [6.45, 7) is 3.38. The third-order valence-corrected chi connectivity index (χ3v) is 6.20. The molecule has 152 valence electrons. The fourth-order valence-electron chi connectivity index (χ4n) is 3.14. The van der Waals surface area contributed by atoms with Gasteiger partial charge in [-0.2, -0.15) is 0 Å². The van der Waals surface area contributed by atoms with Crippen molar-refractivity contribution in [1.29, 1.82) is 0 Å². The first-order valence-electron chi connectivity index (χ1n) is 10.5. The van der Waals surface area contributed by atoms with Gasteiger partial charge in [0.25, 0.3) is 0 Å². The molecule has 0 spiro atoms. The number of unbranched alkanes of at least 4 members (excludes halogenated alkanes) is 13. The van der Waals surface area contributed by atoms with E-state index in [4.69, 9.17) is 0 Å². The first kappa shape index (κ1) is 29.7. The van der Waals surface area contributed by atoms with Crippen LogP contribution in [0, 0.1) is 0 Å². The van der Waals surface area contributed by atoms with Crippen LogP contribution < -0.4 is 51.4 Å². The molecule has 26 heavy (non-hydrogen) atoms. The predicted molar refractivity (Wildman–Crippen MR) is 105 cm³/mol. The van der Waals surface area contributed by atoms with Gasteiger partial charge in [0.2, 0.25) is 0 Å². The molecule has 2 atom stereocenters. The number of hydrogen-bond acceptors (Lipinski definition) is 4. The van der Waals surface area contributed by atoms with E-state index in [1.54, 1.807) is 0 Å². The summed E-state index contributed by atoms with van der Waals surface area (Å²) < 4.78 is 32.3. The SMILES string of the molecule is CC(O)CCCCCCCCCCCCCCCCC(C)S(=O)(=O)[O-].[K+]. The van der Waals surface area contributed by atoms with Gasteiger partial charge in [-0.3, -0.25) is 0 Å². The second-order valence-corrected chi connectivity index (χ2v) is 9.47. The quantitative estimate of drug-likeness (QED) is 0.212. The Balaban J connectivity index is 0. The first-order chi connectivity index (χ1) is 11.8. The molecule has 0 aliphatic heterocycles. The fraction of sp³-hybridized carbons (Fsp3) is 1.00. The van der Waals surface area contributed by atoms with Crippen molar-refractivity contribution in [2.75, 3.05) is 0 Å². The predicted octanol–water partition coefficient (Wildman–Crippen LogP) is 2.55. The van der Waals surface area contributed by atoms with Crippen LogP contribution in [0.3, 0.4) is 0 Å². The van der Waals surface area contributed by atoms with Crippen molar-refractivity contribution in [3.8, 4) is 0 Å². The maximum Gasteiger partial charge on any atom is 1.00 e. The van der Waals surface area contributed by atoms with Crippen molar-refractivity contribution in [2.45, 2.75) is 128 Å². The molecular formula is C20H41KO4S. The molecule has 0 rings (SSSR count). The molecule has 0 heterocycles. The molecule has 0 aromatic carbocycles. The van der Waals surface area contributed by atoms with Gasteiger partial charge in [0.1, 0.15) is 0 Å². The fourth-order valence-corrected chi connectivity index (χ4v) is 3.59. The molecule has 0 saturated carbocycles. The summed E-state index contributed by atoms with van der Waals surface area (Å²) in [6, 6.07) is 0. The number of rotatable bonds is 18. The van der Waals surface area contributed by atoms with E-state index < -0.39 is 15.4 Å². The summed E-state index contributed by atoms with van der Waals surface area (Å²) in [7, 11) is -4.09. The maximum atomic E-state index is 10.8. The molecule has 0 saturated heterocycles. The minimum atomic E-state index is -4.09. The van der Waals surface area contributed by atoms with Crippen LogP contribution in [0.2, 0.25) is 0 Å². The Labute approximate surface area is 205 Å². The van der Waals surface area contributed by atoms with E-state index in [0.717, 1.165) is 32.1 Å². The van der Waals surface area contributed by atoms with Gasteiger partial charge >= 0.3 is 51.4 Å². The molecule has 0 aromatic rings. The maximum absolute atomic E-state index is 10.8. The molecule has 0 aromatic heterocycles. The van der Waals surface area contributed by atoms with E-state index in [-0.39, 0.29) is 57.5 Å². The van der Waals surface area contributed by atoms with Gasteiger partial charge in [-0.1, -0.05) is 89.9 Å². The molecular weight excluding hydrogens is 375 g/mol. The summed E-state index contributed by atoms with van der Waals surface area (Å²) in [5.74, 6) is 0. The zero-order chi connectivity index (χ0) is 19.0. The molecule has 0 radical (unpaired) electrons. The Morgan fingerprint density at radius 1 is 0.654 bits per heavy atom. The van der Waals surface area contributed by atoms with Crippen LogP contribution >= 0.6 is 0 Å². The summed E-state index contributed by atoms with van der Waals surface area (Å²) in [5, 5.41) is 8.44. The third kappa shape index (κ3) is 21.8. The Kier molecular flexibility index (Phi) is 22.6. The number of hydrogen-bond donors (Lipinski definition) is 1. The average Bonchev–Trinajstić information content (AvgIpc) is 2.53. The Bertz CT molecular complexity index is 385. The van der Waals surface area contributed by atoms with Crippen LogP contribution in [-0.4, -0.2) is 29.4 Å². The largest absolute Gasteiger partial charge is 1.00 e. The molecule has 4 nitrogen and oxygen atoms in total. The summed E-state index contributed by atoms with van der Waals surface area (Å²) in [4.78, 5) is 0. The normalized spacial score (nSPS) is 14.0. The molecule has 0 aliphatic rings. The van der Waals surface area contributed by atoms with Crippen LogP contribution in [0.1, 0.15) is 117 Å². The minimum Gasteiger partial charge on any atom is -0.748 e. The smallest absolute Gasteiger partial charge is 0.748 e. The van der Waals surface area contributed by atoms with Crippen LogP contribution in [0.5, 0.6) is 0 Å². The third-order valence-electron chi connectivity index (χ3n) is 4.98. The monoisotopic (exact) mass is 416 g/mol. The van der Waals surface area contributed by atoms with Crippen molar-refractivity contribution in [2.24, 2.45) is 0 Å². The van der Waals surface area contributed by atoms with Gasteiger partial charge in [0.15, 0.2) is 0 Å². The van der Waals surface area contributed by atoms with E-state index in [1.807, 2.05) is 6.92 Å². The van der Waals surface area contributed by atoms with Gasteiger partial charge in [-0.05, 0) is 26.7 Å². The van der Waals surface area contributed by atoms with E-state index in [2.05, 4.69) is 0 Å². The molecule has 0 amide bonds. The van der Waals surface area contributed by atoms with Gasteiger partial charge in [-0.25, -0.2) is 8.42 Å². The summed E-state index contributed by atoms with van der Waals surface area (Å²) in [5.41, 5.74) is 0. The molecule has 1 N–H and O–H groups in total. The zero-order valence-corrected chi connectivity index (χ0v) is 21.5. The zero-order valence-electron chi connectivity index (χ0n) is 17.5. The van der Waals surface area contributed by atoms with Gasteiger partial charge in [0, 0.05) is 5.25 Å². The average molecular weight is 417 g/mol. The standard InChI is InChI=1S/C20H42O4S.K/c1-19(21)17-15-13-11-9-7-5-3-4-6-8-10-12-14-16-18-20(2)25(22,23)24;/h19-21H,3-18H2,1-2H3,(H,22,23,24);/q;+1/p-1. The Morgan fingerprint density at radius 3 is 1.19 bits per heavy atom. The van der Waals surface area contributed by atoms with Crippen LogP contribution in [0.25, 0.3) is 0 Å². The van der Waals surface area contributed by atoms with E-state index in [0.29, 0.717) is 6.42 Å². The minimum absolute atomic E-state index is 0. The van der Waals surface area contributed by atoms with Crippen LogP contribution in [0.4, 0.5) is 0 Å². The van der Waals surface area contributed by atoms with Crippen molar-refractivity contribution in [3.63, 3.8) is 0 Å². The van der Waals surface area contributed by atoms with Crippen molar-refractivity contribution < 1.29 is 69.5 Å². The Hall–Kier alpha value is 1.51. The van der Waals surface area contributed by atoms with Crippen molar-refractivity contribution in [3.05, 3.63) is 0 Å². The number of aliphatic hydroxyl groups is 1. The number of aliphatic hydroxyl groups excluding tert-OH is 1. The van der Waals surface area contributed by atoms with Crippen LogP contribution in [0.15, 0.2) is 0 Å². The molecule has 6 heteroatoms. The van der Waals surface area contributed by atoms with Gasteiger partial charge in [-0.15, -0.1) is 0 Å². The Morgan fingerprint density at radius 2 is 0.923 bits per heavy atom. The van der Waals surface area contributed by atoms with Crippen molar-refractivity contribution in [1.82, 2.24) is 0 Å². The van der Waals surface area contributed by atoms with E-state index in [1.165, 1.54) is 71.1 Å². The van der Waals surface area contributed by atoms with E-state index >= 15 is 0 Å². The summed E-state index contributed by atoms with van der Waals surface area (Å²) >= 11 is 0. The van der Waals surface area contributed by atoms with Gasteiger partial charge < -0.3 is 9.66 Å².